The van der Waals surface area contributed by atoms with Crippen LogP contribution in [-0.2, 0) is 4.79 Å². The van der Waals surface area contributed by atoms with Gasteiger partial charge in [0.25, 0.3) is 0 Å². The van der Waals surface area contributed by atoms with Crippen molar-refractivity contribution >= 4 is 22.4 Å². The van der Waals surface area contributed by atoms with Gasteiger partial charge in [-0.3, -0.25) is 4.79 Å². The minimum atomic E-state index is 0.0515. The number of carbonyl (C=O) groups excluding carboxylic acids is 1. The maximum Gasteiger partial charge on any atom is 0.224 e. The number of benzene rings is 2. The molecule has 3 nitrogen and oxygen atoms in total. The van der Waals surface area contributed by atoms with Crippen LogP contribution in [0, 0.1) is 5.92 Å². The number of hydrogen-bond donors (Lipinski definition) is 2. The highest BCUT2D eigenvalue weighted by molar-refractivity contribution is 5.94. The van der Waals surface area contributed by atoms with Crippen LogP contribution in [0.2, 0.25) is 0 Å². The number of amides is 1. The van der Waals surface area contributed by atoms with Crippen molar-refractivity contribution in [2.75, 3.05) is 11.9 Å². The third kappa shape index (κ3) is 3.80. The SMILES string of the molecule is CC(CN)CCC(=O)Nc1ccc2ccccc2c1. The van der Waals surface area contributed by atoms with Gasteiger partial charge >= 0.3 is 0 Å². The molecule has 2 aromatic carbocycles. The van der Waals surface area contributed by atoms with Crippen LogP contribution in [0.5, 0.6) is 0 Å². The Bertz CT molecular complexity index is 565. The van der Waals surface area contributed by atoms with Gasteiger partial charge in [0, 0.05) is 12.1 Å². The lowest BCUT2D eigenvalue weighted by Crippen LogP contribution is -2.16. The van der Waals surface area contributed by atoms with Crippen molar-refractivity contribution in [3.8, 4) is 0 Å². The molecule has 3 N–H and O–H groups in total. The summed E-state index contributed by atoms with van der Waals surface area (Å²) in [5.74, 6) is 0.443. The quantitative estimate of drug-likeness (QED) is 0.863. The average Bonchev–Trinajstić information content (AvgIpc) is 2.44. The van der Waals surface area contributed by atoms with E-state index in [4.69, 9.17) is 5.73 Å². The molecule has 1 unspecified atom stereocenters. The van der Waals surface area contributed by atoms with E-state index in [1.165, 1.54) is 5.39 Å². The Morgan fingerprint density at radius 2 is 1.95 bits per heavy atom. The van der Waals surface area contributed by atoms with E-state index in [0.29, 0.717) is 18.9 Å². The van der Waals surface area contributed by atoms with Crippen molar-refractivity contribution in [2.45, 2.75) is 19.8 Å². The Hall–Kier alpha value is -1.87. The third-order valence-electron chi connectivity index (χ3n) is 3.30. The Morgan fingerprint density at radius 3 is 2.68 bits per heavy atom. The number of carbonyl (C=O) groups is 1. The standard InChI is InChI=1S/C16H20N2O/c1-12(11-17)6-9-16(19)18-15-8-7-13-4-2-3-5-14(13)10-15/h2-5,7-8,10,12H,6,9,11,17H2,1H3,(H,18,19). The molecule has 2 rings (SSSR count). The van der Waals surface area contributed by atoms with Crippen LogP contribution in [0.25, 0.3) is 10.8 Å². The first-order valence-electron chi connectivity index (χ1n) is 6.68. The predicted molar refractivity (Wildman–Crippen MR) is 80.0 cm³/mol. The normalized spacial score (nSPS) is 12.3. The van der Waals surface area contributed by atoms with E-state index in [-0.39, 0.29) is 5.91 Å². The minimum Gasteiger partial charge on any atom is -0.330 e. The van der Waals surface area contributed by atoms with E-state index in [9.17, 15) is 4.79 Å². The summed E-state index contributed by atoms with van der Waals surface area (Å²) in [7, 11) is 0. The Morgan fingerprint density at radius 1 is 1.21 bits per heavy atom. The van der Waals surface area contributed by atoms with Crippen LogP contribution in [-0.4, -0.2) is 12.5 Å². The summed E-state index contributed by atoms with van der Waals surface area (Å²) in [4.78, 5) is 11.8. The van der Waals surface area contributed by atoms with Crippen LogP contribution >= 0.6 is 0 Å². The molecule has 0 aliphatic rings. The molecule has 0 radical (unpaired) electrons. The molecule has 0 fully saturated rings. The molecule has 0 bridgehead atoms. The third-order valence-corrected chi connectivity index (χ3v) is 3.30. The van der Waals surface area contributed by atoms with Crippen LogP contribution in [0.4, 0.5) is 5.69 Å². The average molecular weight is 256 g/mol. The van der Waals surface area contributed by atoms with Crippen LogP contribution in [0.15, 0.2) is 42.5 Å². The number of rotatable bonds is 5. The monoisotopic (exact) mass is 256 g/mol. The zero-order valence-electron chi connectivity index (χ0n) is 11.2. The maximum absolute atomic E-state index is 11.8. The molecule has 0 spiro atoms. The molecule has 0 aliphatic carbocycles. The summed E-state index contributed by atoms with van der Waals surface area (Å²) in [6.07, 6.45) is 1.35. The van der Waals surface area contributed by atoms with Gasteiger partial charge in [-0.05, 0) is 41.8 Å². The fourth-order valence-corrected chi connectivity index (χ4v) is 1.99. The summed E-state index contributed by atoms with van der Waals surface area (Å²) in [6, 6.07) is 14.1. The second-order valence-corrected chi connectivity index (χ2v) is 4.99. The number of nitrogens with two attached hydrogens (primary N) is 1. The Labute approximate surface area is 113 Å². The summed E-state index contributed by atoms with van der Waals surface area (Å²) in [5.41, 5.74) is 6.39. The highest BCUT2D eigenvalue weighted by Gasteiger charge is 2.06. The molecule has 19 heavy (non-hydrogen) atoms. The zero-order chi connectivity index (χ0) is 13.7. The fourth-order valence-electron chi connectivity index (χ4n) is 1.99. The molecule has 0 aromatic heterocycles. The van der Waals surface area contributed by atoms with Gasteiger partial charge in [-0.15, -0.1) is 0 Å². The van der Waals surface area contributed by atoms with Gasteiger partial charge in [-0.2, -0.15) is 0 Å². The molecule has 1 atom stereocenters. The summed E-state index contributed by atoms with van der Waals surface area (Å²) < 4.78 is 0. The van der Waals surface area contributed by atoms with E-state index in [1.54, 1.807) is 0 Å². The molecule has 0 saturated heterocycles. The van der Waals surface area contributed by atoms with Crippen LogP contribution in [0.1, 0.15) is 19.8 Å². The maximum atomic E-state index is 11.8. The first-order chi connectivity index (χ1) is 9.19. The second-order valence-electron chi connectivity index (χ2n) is 4.99. The van der Waals surface area contributed by atoms with Crippen molar-refractivity contribution in [1.29, 1.82) is 0 Å². The van der Waals surface area contributed by atoms with Gasteiger partial charge < -0.3 is 11.1 Å². The van der Waals surface area contributed by atoms with Gasteiger partial charge in [-0.25, -0.2) is 0 Å². The molecular weight excluding hydrogens is 236 g/mol. The number of fused-ring (bicyclic) bond motifs is 1. The number of hydrogen-bond acceptors (Lipinski definition) is 2. The second kappa shape index (κ2) is 6.34. The minimum absolute atomic E-state index is 0.0515. The van der Waals surface area contributed by atoms with Crippen molar-refractivity contribution in [3.05, 3.63) is 42.5 Å². The predicted octanol–water partition coefficient (Wildman–Crippen LogP) is 3.15. The molecule has 0 saturated carbocycles. The lowest BCUT2D eigenvalue weighted by atomic mass is 10.1. The van der Waals surface area contributed by atoms with Gasteiger partial charge in [0.1, 0.15) is 0 Å². The van der Waals surface area contributed by atoms with E-state index < -0.39 is 0 Å². The molecular formula is C16H20N2O. The summed E-state index contributed by atoms with van der Waals surface area (Å²) in [6.45, 7) is 2.69. The fraction of sp³-hybridized carbons (Fsp3) is 0.312. The van der Waals surface area contributed by atoms with E-state index in [1.807, 2.05) is 36.4 Å². The molecule has 100 valence electrons. The first-order valence-corrected chi connectivity index (χ1v) is 6.68. The van der Waals surface area contributed by atoms with E-state index in [0.717, 1.165) is 17.5 Å². The smallest absolute Gasteiger partial charge is 0.224 e. The van der Waals surface area contributed by atoms with Crippen molar-refractivity contribution in [3.63, 3.8) is 0 Å². The molecule has 0 aliphatic heterocycles. The largest absolute Gasteiger partial charge is 0.330 e. The van der Waals surface area contributed by atoms with Crippen LogP contribution in [0.3, 0.4) is 0 Å². The number of nitrogens with one attached hydrogen (secondary N) is 1. The van der Waals surface area contributed by atoms with Gasteiger partial charge in [0.15, 0.2) is 0 Å². The Balaban J connectivity index is 1.99. The zero-order valence-corrected chi connectivity index (χ0v) is 11.2. The summed E-state index contributed by atoms with van der Waals surface area (Å²) in [5, 5.41) is 5.25. The van der Waals surface area contributed by atoms with Crippen LogP contribution < -0.4 is 11.1 Å². The molecule has 0 heterocycles. The van der Waals surface area contributed by atoms with Gasteiger partial charge in [0.2, 0.25) is 5.91 Å². The topological polar surface area (TPSA) is 55.1 Å². The highest BCUT2D eigenvalue weighted by atomic mass is 16.1. The lowest BCUT2D eigenvalue weighted by Gasteiger charge is -2.09. The Kier molecular flexibility index (Phi) is 4.53. The molecule has 3 heteroatoms. The molecule has 1 amide bonds. The van der Waals surface area contributed by atoms with Crippen molar-refractivity contribution in [2.24, 2.45) is 11.7 Å². The van der Waals surface area contributed by atoms with E-state index >= 15 is 0 Å². The molecule has 2 aromatic rings. The first kappa shape index (κ1) is 13.6. The lowest BCUT2D eigenvalue weighted by molar-refractivity contribution is -0.116. The van der Waals surface area contributed by atoms with Crippen molar-refractivity contribution in [1.82, 2.24) is 0 Å². The van der Waals surface area contributed by atoms with Crippen molar-refractivity contribution < 1.29 is 4.79 Å². The summed E-state index contributed by atoms with van der Waals surface area (Å²) >= 11 is 0. The number of anilines is 1. The highest BCUT2D eigenvalue weighted by Crippen LogP contribution is 2.19. The van der Waals surface area contributed by atoms with Gasteiger partial charge in [0.05, 0.1) is 0 Å². The van der Waals surface area contributed by atoms with E-state index in [2.05, 4.69) is 18.3 Å². The van der Waals surface area contributed by atoms with Gasteiger partial charge in [-0.1, -0.05) is 37.3 Å².